The van der Waals surface area contributed by atoms with Crippen molar-refractivity contribution >= 4 is 17.7 Å². The number of hydrogen-bond donors (Lipinski definition) is 0. The Morgan fingerprint density at radius 3 is 2.40 bits per heavy atom. The SMILES string of the molecule is COC(=O)c1c(OC2CCCC2)cc(=O)n2c1CCN(C(=O)COc1ccc(C(C)=O)cc1)CC2. The molecular formula is C26H30N2O7. The number of aromatic nitrogens is 1. The van der Waals surface area contributed by atoms with E-state index in [-0.39, 0.29) is 47.8 Å². The molecule has 1 aliphatic carbocycles. The first-order valence-electron chi connectivity index (χ1n) is 11.9. The molecule has 0 N–H and O–H groups in total. The molecule has 35 heavy (non-hydrogen) atoms. The molecule has 1 aromatic heterocycles. The number of pyridine rings is 1. The lowest BCUT2D eigenvalue weighted by atomic mass is 10.1. The Morgan fingerprint density at radius 2 is 1.74 bits per heavy atom. The van der Waals surface area contributed by atoms with E-state index < -0.39 is 5.97 Å². The molecule has 186 valence electrons. The van der Waals surface area contributed by atoms with Gasteiger partial charge in [-0.3, -0.25) is 14.4 Å². The molecule has 1 amide bonds. The largest absolute Gasteiger partial charge is 0.489 e. The molecule has 0 atom stereocenters. The number of benzene rings is 1. The summed E-state index contributed by atoms with van der Waals surface area (Å²) in [6, 6.07) is 7.96. The van der Waals surface area contributed by atoms with E-state index in [4.69, 9.17) is 14.2 Å². The van der Waals surface area contributed by atoms with Crippen molar-refractivity contribution in [1.82, 2.24) is 9.47 Å². The maximum absolute atomic E-state index is 12.9. The summed E-state index contributed by atoms with van der Waals surface area (Å²) in [4.78, 5) is 51.5. The van der Waals surface area contributed by atoms with Crippen LogP contribution in [0.1, 0.15) is 59.0 Å². The predicted molar refractivity (Wildman–Crippen MR) is 127 cm³/mol. The summed E-state index contributed by atoms with van der Waals surface area (Å²) in [5, 5.41) is 0. The highest BCUT2D eigenvalue weighted by Gasteiger charge is 2.29. The van der Waals surface area contributed by atoms with Gasteiger partial charge in [0.15, 0.2) is 12.4 Å². The van der Waals surface area contributed by atoms with Crippen molar-refractivity contribution < 1.29 is 28.6 Å². The fourth-order valence-electron chi connectivity index (χ4n) is 4.62. The van der Waals surface area contributed by atoms with Gasteiger partial charge in [-0.2, -0.15) is 0 Å². The van der Waals surface area contributed by atoms with E-state index in [1.165, 1.54) is 24.7 Å². The van der Waals surface area contributed by atoms with Crippen LogP contribution in [0.3, 0.4) is 0 Å². The summed E-state index contributed by atoms with van der Waals surface area (Å²) in [6.07, 6.45) is 4.18. The smallest absolute Gasteiger partial charge is 0.343 e. The van der Waals surface area contributed by atoms with Gasteiger partial charge in [-0.15, -0.1) is 0 Å². The molecule has 0 unspecified atom stereocenters. The van der Waals surface area contributed by atoms with E-state index in [9.17, 15) is 19.2 Å². The maximum atomic E-state index is 12.9. The zero-order chi connectivity index (χ0) is 24.9. The molecule has 1 aromatic carbocycles. The zero-order valence-corrected chi connectivity index (χ0v) is 20.1. The third-order valence-electron chi connectivity index (χ3n) is 6.55. The Balaban J connectivity index is 1.48. The number of ether oxygens (including phenoxy) is 3. The van der Waals surface area contributed by atoms with Crippen LogP contribution >= 0.6 is 0 Å². The average molecular weight is 483 g/mol. The Morgan fingerprint density at radius 1 is 1.03 bits per heavy atom. The Kier molecular flexibility index (Phi) is 7.53. The molecule has 1 aliphatic heterocycles. The van der Waals surface area contributed by atoms with Crippen molar-refractivity contribution in [3.05, 3.63) is 57.5 Å². The second-order valence-electron chi connectivity index (χ2n) is 8.84. The Hall–Kier alpha value is -3.62. The van der Waals surface area contributed by atoms with E-state index in [2.05, 4.69) is 0 Å². The number of rotatable bonds is 7. The monoisotopic (exact) mass is 482 g/mol. The number of hydrogen-bond acceptors (Lipinski definition) is 7. The number of carbonyl (C=O) groups is 3. The molecule has 2 aromatic rings. The molecule has 2 aliphatic rings. The van der Waals surface area contributed by atoms with Gasteiger partial charge in [0, 0.05) is 43.4 Å². The average Bonchev–Trinajstić information content (AvgIpc) is 3.26. The van der Waals surface area contributed by atoms with Crippen LogP contribution in [0.4, 0.5) is 0 Å². The summed E-state index contributed by atoms with van der Waals surface area (Å²) in [7, 11) is 1.30. The number of nitrogens with zero attached hydrogens (tertiary/aromatic N) is 2. The maximum Gasteiger partial charge on any atom is 0.343 e. The number of carbonyl (C=O) groups excluding carboxylic acids is 3. The van der Waals surface area contributed by atoms with Gasteiger partial charge >= 0.3 is 5.97 Å². The van der Waals surface area contributed by atoms with Gasteiger partial charge in [-0.25, -0.2) is 4.79 Å². The van der Waals surface area contributed by atoms with Crippen molar-refractivity contribution in [3.8, 4) is 11.5 Å². The minimum absolute atomic E-state index is 0.0219. The third kappa shape index (κ3) is 5.55. The van der Waals surface area contributed by atoms with Crippen LogP contribution in [0, 0.1) is 0 Å². The summed E-state index contributed by atoms with van der Waals surface area (Å²) in [5.74, 6) is -0.0889. The third-order valence-corrected chi connectivity index (χ3v) is 6.55. The highest BCUT2D eigenvalue weighted by molar-refractivity contribution is 5.94. The molecule has 9 heteroatoms. The molecule has 1 fully saturated rings. The molecule has 2 heterocycles. The number of methoxy groups -OCH3 is 1. The van der Waals surface area contributed by atoms with E-state index in [0.717, 1.165) is 25.7 Å². The fourth-order valence-corrected chi connectivity index (χ4v) is 4.62. The van der Waals surface area contributed by atoms with Crippen molar-refractivity contribution in [3.63, 3.8) is 0 Å². The van der Waals surface area contributed by atoms with Gasteiger partial charge in [-0.05, 0) is 56.9 Å². The lowest BCUT2D eigenvalue weighted by molar-refractivity contribution is -0.133. The zero-order valence-electron chi connectivity index (χ0n) is 20.1. The van der Waals surface area contributed by atoms with Gasteiger partial charge in [-0.1, -0.05) is 0 Å². The fraction of sp³-hybridized carbons (Fsp3) is 0.462. The first-order chi connectivity index (χ1) is 16.9. The van der Waals surface area contributed by atoms with Crippen LogP contribution in [0.25, 0.3) is 0 Å². The first kappa shape index (κ1) is 24.5. The molecule has 0 spiro atoms. The van der Waals surface area contributed by atoms with Crippen LogP contribution in [-0.2, 0) is 22.5 Å². The van der Waals surface area contributed by atoms with Gasteiger partial charge < -0.3 is 23.7 Å². The minimum atomic E-state index is -0.557. The molecule has 4 rings (SSSR count). The van der Waals surface area contributed by atoms with Crippen molar-refractivity contribution in [2.75, 3.05) is 26.8 Å². The Labute approximate surface area is 203 Å². The lowest BCUT2D eigenvalue weighted by Gasteiger charge is -2.20. The highest BCUT2D eigenvalue weighted by atomic mass is 16.5. The van der Waals surface area contributed by atoms with E-state index in [1.54, 1.807) is 29.2 Å². The van der Waals surface area contributed by atoms with Crippen LogP contribution in [0.2, 0.25) is 0 Å². The van der Waals surface area contributed by atoms with Gasteiger partial charge in [0.2, 0.25) is 0 Å². The second-order valence-corrected chi connectivity index (χ2v) is 8.84. The lowest BCUT2D eigenvalue weighted by Crippen LogP contribution is -2.37. The van der Waals surface area contributed by atoms with Crippen LogP contribution in [0.5, 0.6) is 11.5 Å². The van der Waals surface area contributed by atoms with E-state index >= 15 is 0 Å². The van der Waals surface area contributed by atoms with Gasteiger partial charge in [0.25, 0.3) is 11.5 Å². The van der Waals surface area contributed by atoms with Gasteiger partial charge in [0.1, 0.15) is 17.1 Å². The molecule has 9 nitrogen and oxygen atoms in total. The first-order valence-corrected chi connectivity index (χ1v) is 11.9. The second kappa shape index (κ2) is 10.8. The standard InChI is InChI=1S/C26H30N2O7/c1-17(29)18-7-9-19(10-8-18)34-16-24(31)27-12-11-21-25(26(32)33-2)22(35-20-5-3-4-6-20)15-23(30)28(21)14-13-27/h7-10,15,20H,3-6,11-14,16H2,1-2H3. The summed E-state index contributed by atoms with van der Waals surface area (Å²) in [6.45, 7) is 2.19. The van der Waals surface area contributed by atoms with Crippen LogP contribution < -0.4 is 15.0 Å². The van der Waals surface area contributed by atoms with Crippen LogP contribution in [0.15, 0.2) is 35.1 Å². The predicted octanol–water partition coefficient (Wildman–Crippen LogP) is 2.62. The number of fused-ring (bicyclic) bond motifs is 1. The number of ketones is 1. The molecular weight excluding hydrogens is 452 g/mol. The van der Waals surface area contributed by atoms with E-state index in [0.29, 0.717) is 36.5 Å². The number of amides is 1. The van der Waals surface area contributed by atoms with Crippen molar-refractivity contribution in [2.45, 2.75) is 51.7 Å². The quantitative estimate of drug-likeness (QED) is 0.441. The minimum Gasteiger partial charge on any atom is -0.489 e. The normalized spacial score (nSPS) is 15.8. The number of esters is 1. The summed E-state index contributed by atoms with van der Waals surface area (Å²) in [5.41, 5.74) is 1.08. The molecule has 0 bridgehead atoms. The highest BCUT2D eigenvalue weighted by Crippen LogP contribution is 2.29. The summed E-state index contributed by atoms with van der Waals surface area (Å²) < 4.78 is 18.2. The summed E-state index contributed by atoms with van der Waals surface area (Å²) >= 11 is 0. The topological polar surface area (TPSA) is 104 Å². The molecule has 0 radical (unpaired) electrons. The van der Waals surface area contributed by atoms with E-state index in [1.807, 2.05) is 0 Å². The van der Waals surface area contributed by atoms with Gasteiger partial charge in [0.05, 0.1) is 13.2 Å². The van der Waals surface area contributed by atoms with Crippen LogP contribution in [-0.4, -0.2) is 60.0 Å². The number of Topliss-reactive ketones (excluding diaryl/α,β-unsaturated/α-hetero) is 1. The van der Waals surface area contributed by atoms with Crippen molar-refractivity contribution in [2.24, 2.45) is 0 Å². The molecule has 0 saturated heterocycles. The molecule has 1 saturated carbocycles. The Bertz CT molecular complexity index is 1160. The van der Waals surface area contributed by atoms with Crippen molar-refractivity contribution in [1.29, 1.82) is 0 Å².